The zero-order valence-corrected chi connectivity index (χ0v) is 13.7. The van der Waals surface area contributed by atoms with Crippen LogP contribution < -0.4 is 5.32 Å². The van der Waals surface area contributed by atoms with Gasteiger partial charge >= 0.3 is 0 Å². The molecule has 0 saturated carbocycles. The molecule has 120 valence electrons. The number of imidazole rings is 1. The van der Waals surface area contributed by atoms with Crippen LogP contribution in [0.3, 0.4) is 0 Å². The lowest BCUT2D eigenvalue weighted by molar-refractivity contribution is 0.596. The fourth-order valence-electron chi connectivity index (χ4n) is 2.67. The third-order valence-electron chi connectivity index (χ3n) is 3.86. The van der Waals surface area contributed by atoms with Crippen molar-refractivity contribution < 1.29 is 4.39 Å². The Balaban J connectivity index is 1.83. The number of nitrogens with zero attached hydrogens (tertiary/aromatic N) is 4. The van der Waals surface area contributed by atoms with Gasteiger partial charge in [0, 0.05) is 25.0 Å². The molecular weight excluding hydrogens is 325 g/mol. The van der Waals surface area contributed by atoms with Crippen LogP contribution in [0.5, 0.6) is 0 Å². The highest BCUT2D eigenvalue weighted by molar-refractivity contribution is 7.17. The Bertz CT molecular complexity index is 993. The standard InChI is InChI=1S/C17H14FN5S/c1-23-8-7-19-17(23)14(11-4-2-3-5-12(11)18)22-16-15-13(6-9-24-15)20-10-21-16/h2-10,14H,1H3,(H,20,21,22)/t14-/m0/s1. The molecule has 0 radical (unpaired) electrons. The fourth-order valence-corrected chi connectivity index (χ4v) is 3.47. The van der Waals surface area contributed by atoms with Crippen LogP contribution in [0.4, 0.5) is 10.2 Å². The zero-order chi connectivity index (χ0) is 16.5. The molecule has 24 heavy (non-hydrogen) atoms. The van der Waals surface area contributed by atoms with Crippen molar-refractivity contribution in [3.8, 4) is 0 Å². The van der Waals surface area contributed by atoms with Crippen molar-refractivity contribution in [1.29, 1.82) is 0 Å². The van der Waals surface area contributed by atoms with Gasteiger partial charge in [-0.05, 0) is 17.5 Å². The summed E-state index contributed by atoms with van der Waals surface area (Å²) in [6, 6.07) is 8.19. The summed E-state index contributed by atoms with van der Waals surface area (Å²) in [4.78, 5) is 13.0. The molecule has 3 heterocycles. The van der Waals surface area contributed by atoms with Gasteiger partial charge < -0.3 is 9.88 Å². The van der Waals surface area contributed by atoms with Crippen molar-refractivity contribution in [2.45, 2.75) is 6.04 Å². The van der Waals surface area contributed by atoms with Gasteiger partial charge in [0.25, 0.3) is 0 Å². The molecule has 0 aliphatic carbocycles. The molecule has 1 atom stereocenters. The molecular formula is C17H14FN5S. The minimum Gasteiger partial charge on any atom is -0.355 e. The van der Waals surface area contributed by atoms with E-state index in [4.69, 9.17) is 0 Å². The molecule has 4 rings (SSSR count). The van der Waals surface area contributed by atoms with Crippen LogP contribution in [0.25, 0.3) is 10.2 Å². The normalized spacial score (nSPS) is 12.4. The first-order chi connectivity index (χ1) is 11.7. The summed E-state index contributed by atoms with van der Waals surface area (Å²) < 4.78 is 17.2. The number of rotatable bonds is 4. The molecule has 0 bridgehead atoms. The zero-order valence-electron chi connectivity index (χ0n) is 12.8. The van der Waals surface area contributed by atoms with Crippen LogP contribution in [-0.2, 0) is 7.05 Å². The number of halogens is 1. The Morgan fingerprint density at radius 3 is 2.83 bits per heavy atom. The summed E-state index contributed by atoms with van der Waals surface area (Å²) in [5.74, 6) is 1.10. The number of hydrogen-bond acceptors (Lipinski definition) is 5. The van der Waals surface area contributed by atoms with E-state index in [2.05, 4.69) is 20.3 Å². The molecule has 1 aromatic carbocycles. The molecule has 7 heteroatoms. The predicted molar refractivity (Wildman–Crippen MR) is 92.5 cm³/mol. The third kappa shape index (κ3) is 2.52. The number of hydrogen-bond donors (Lipinski definition) is 1. The van der Waals surface area contributed by atoms with Crippen LogP contribution in [0, 0.1) is 5.82 Å². The summed E-state index contributed by atoms with van der Waals surface area (Å²) in [5.41, 5.74) is 1.39. The Hall–Kier alpha value is -2.80. The van der Waals surface area contributed by atoms with E-state index in [1.54, 1.807) is 29.7 Å². The molecule has 5 nitrogen and oxygen atoms in total. The van der Waals surface area contributed by atoms with E-state index in [0.29, 0.717) is 17.2 Å². The summed E-state index contributed by atoms with van der Waals surface area (Å²) in [7, 11) is 1.89. The van der Waals surface area contributed by atoms with E-state index < -0.39 is 6.04 Å². The summed E-state index contributed by atoms with van der Waals surface area (Å²) >= 11 is 1.55. The Kier molecular flexibility index (Phi) is 3.70. The Morgan fingerprint density at radius 2 is 2.04 bits per heavy atom. The average Bonchev–Trinajstić information content (AvgIpc) is 3.22. The minimum atomic E-state index is -0.452. The number of fused-ring (bicyclic) bond motifs is 1. The lowest BCUT2D eigenvalue weighted by Crippen LogP contribution is -2.18. The quantitative estimate of drug-likeness (QED) is 0.615. The maximum absolute atomic E-state index is 14.4. The molecule has 0 spiro atoms. The lowest BCUT2D eigenvalue weighted by atomic mass is 10.1. The monoisotopic (exact) mass is 339 g/mol. The first kappa shape index (κ1) is 14.8. The number of thiophene rings is 1. The van der Waals surface area contributed by atoms with Crippen molar-refractivity contribution in [3.63, 3.8) is 0 Å². The molecule has 0 saturated heterocycles. The van der Waals surface area contributed by atoms with Crippen LogP contribution in [-0.4, -0.2) is 19.5 Å². The topological polar surface area (TPSA) is 55.6 Å². The fraction of sp³-hybridized carbons (Fsp3) is 0.118. The van der Waals surface area contributed by atoms with E-state index in [0.717, 1.165) is 10.2 Å². The molecule has 3 aromatic heterocycles. The van der Waals surface area contributed by atoms with Gasteiger partial charge in [0.1, 0.15) is 29.8 Å². The molecule has 0 fully saturated rings. The van der Waals surface area contributed by atoms with E-state index in [1.165, 1.54) is 12.4 Å². The van der Waals surface area contributed by atoms with E-state index in [9.17, 15) is 4.39 Å². The maximum Gasteiger partial charge on any atom is 0.148 e. The second-order valence-corrected chi connectivity index (χ2v) is 6.27. The second-order valence-electron chi connectivity index (χ2n) is 5.35. The highest BCUT2D eigenvalue weighted by atomic mass is 32.1. The summed E-state index contributed by atoms with van der Waals surface area (Å²) in [5, 5.41) is 5.31. The first-order valence-electron chi connectivity index (χ1n) is 7.40. The van der Waals surface area contributed by atoms with Gasteiger partial charge in [-0.3, -0.25) is 0 Å². The van der Waals surface area contributed by atoms with E-state index >= 15 is 0 Å². The Morgan fingerprint density at radius 1 is 1.17 bits per heavy atom. The number of nitrogens with one attached hydrogen (secondary N) is 1. The SMILES string of the molecule is Cn1ccnc1[C@@H](Nc1ncnc2ccsc12)c1ccccc1F. The van der Waals surface area contributed by atoms with Gasteiger partial charge in [-0.1, -0.05) is 18.2 Å². The maximum atomic E-state index is 14.4. The van der Waals surface area contributed by atoms with E-state index in [1.807, 2.05) is 35.3 Å². The van der Waals surface area contributed by atoms with Crippen molar-refractivity contribution in [1.82, 2.24) is 19.5 Å². The van der Waals surface area contributed by atoms with Gasteiger partial charge in [0.2, 0.25) is 0 Å². The number of anilines is 1. The molecule has 0 unspecified atom stereocenters. The summed E-state index contributed by atoms with van der Waals surface area (Å²) in [6.45, 7) is 0. The first-order valence-corrected chi connectivity index (χ1v) is 8.28. The van der Waals surface area contributed by atoms with Crippen LogP contribution in [0.15, 0.2) is 54.4 Å². The Labute approximate surface area is 141 Å². The summed E-state index contributed by atoms with van der Waals surface area (Å²) in [6.07, 6.45) is 5.05. The van der Waals surface area contributed by atoms with Crippen LogP contribution in [0.2, 0.25) is 0 Å². The molecule has 0 aliphatic heterocycles. The van der Waals surface area contributed by atoms with E-state index in [-0.39, 0.29) is 5.82 Å². The van der Waals surface area contributed by atoms with Crippen molar-refractivity contribution in [2.24, 2.45) is 7.05 Å². The molecule has 0 aliphatic rings. The van der Waals surface area contributed by atoms with Crippen LogP contribution in [0.1, 0.15) is 17.4 Å². The molecule has 1 N–H and O–H groups in total. The molecule has 0 amide bonds. The van der Waals surface area contributed by atoms with Crippen molar-refractivity contribution in [3.05, 3.63) is 71.6 Å². The third-order valence-corrected chi connectivity index (χ3v) is 4.77. The lowest BCUT2D eigenvalue weighted by Gasteiger charge is -2.20. The van der Waals surface area contributed by atoms with Gasteiger partial charge in [-0.2, -0.15) is 0 Å². The predicted octanol–water partition coefficient (Wildman–Crippen LogP) is 3.77. The smallest absolute Gasteiger partial charge is 0.148 e. The number of aryl methyl sites for hydroxylation is 1. The van der Waals surface area contributed by atoms with Gasteiger partial charge in [-0.25, -0.2) is 19.3 Å². The highest BCUT2D eigenvalue weighted by Crippen LogP contribution is 2.31. The van der Waals surface area contributed by atoms with Crippen LogP contribution >= 0.6 is 11.3 Å². The minimum absolute atomic E-state index is 0.283. The highest BCUT2D eigenvalue weighted by Gasteiger charge is 2.23. The van der Waals surface area contributed by atoms with Gasteiger partial charge in [-0.15, -0.1) is 11.3 Å². The number of aromatic nitrogens is 4. The average molecular weight is 339 g/mol. The molecule has 4 aromatic rings. The van der Waals surface area contributed by atoms with Crippen molar-refractivity contribution >= 4 is 27.4 Å². The van der Waals surface area contributed by atoms with Gasteiger partial charge in [0.05, 0.1) is 10.2 Å². The largest absolute Gasteiger partial charge is 0.355 e. The number of benzene rings is 1. The van der Waals surface area contributed by atoms with Gasteiger partial charge in [0.15, 0.2) is 0 Å². The van der Waals surface area contributed by atoms with Crippen molar-refractivity contribution in [2.75, 3.05) is 5.32 Å². The second kappa shape index (κ2) is 6.01.